The van der Waals surface area contributed by atoms with Gasteiger partial charge in [-0.1, -0.05) is 18.7 Å². The molecule has 1 N–H and O–H groups in total. The third-order valence-electron chi connectivity index (χ3n) is 3.09. The van der Waals surface area contributed by atoms with E-state index in [1.54, 1.807) is 12.1 Å². The number of halogens is 1. The van der Waals surface area contributed by atoms with E-state index in [1.165, 1.54) is 12.1 Å². The number of benzene rings is 1. The second-order valence-electron chi connectivity index (χ2n) is 4.85. The van der Waals surface area contributed by atoms with Crippen molar-refractivity contribution in [3.63, 3.8) is 0 Å². The second kappa shape index (κ2) is 4.32. The molecular weight excluding hydrogens is 217 g/mol. The van der Waals surface area contributed by atoms with E-state index in [4.69, 9.17) is 0 Å². The first-order chi connectivity index (χ1) is 8.02. The van der Waals surface area contributed by atoms with E-state index in [-0.39, 0.29) is 23.7 Å². The fourth-order valence-corrected chi connectivity index (χ4v) is 1.74. The monoisotopic (exact) mass is 233 g/mol. The first kappa shape index (κ1) is 11.8. The van der Waals surface area contributed by atoms with Crippen molar-refractivity contribution in [2.45, 2.75) is 31.7 Å². The van der Waals surface area contributed by atoms with Gasteiger partial charge in [0.05, 0.1) is 6.42 Å². The molecule has 0 radical (unpaired) electrons. The van der Waals surface area contributed by atoms with Crippen LogP contribution < -0.4 is 5.32 Å². The molecule has 3 heteroatoms. The van der Waals surface area contributed by atoms with Crippen LogP contribution in [0, 0.1) is 5.82 Å². The number of hydrogen-bond donors (Lipinski definition) is 1. The standard InChI is InChI=1S/C14H16FNO/c1-3-11-8-10(4-5-12(11)15)9-13(17)16-14(2)6-7-14/h3-5,8H,1,6-7,9H2,2H3,(H,16,17). The van der Waals surface area contributed by atoms with Gasteiger partial charge in [-0.15, -0.1) is 0 Å². The third kappa shape index (κ3) is 2.93. The van der Waals surface area contributed by atoms with Crippen molar-refractivity contribution in [1.29, 1.82) is 0 Å². The zero-order chi connectivity index (χ0) is 12.5. The van der Waals surface area contributed by atoms with Gasteiger partial charge in [0.25, 0.3) is 0 Å². The number of amides is 1. The molecule has 1 amide bonds. The minimum absolute atomic E-state index is 0.00161. The molecule has 1 aliphatic rings. The van der Waals surface area contributed by atoms with Crippen LogP contribution in [0.4, 0.5) is 4.39 Å². The van der Waals surface area contributed by atoms with Gasteiger partial charge in [0, 0.05) is 11.1 Å². The summed E-state index contributed by atoms with van der Waals surface area (Å²) in [6.45, 7) is 5.57. The topological polar surface area (TPSA) is 29.1 Å². The maximum absolute atomic E-state index is 13.2. The maximum atomic E-state index is 13.2. The molecule has 1 aliphatic carbocycles. The molecule has 90 valence electrons. The van der Waals surface area contributed by atoms with Gasteiger partial charge >= 0.3 is 0 Å². The van der Waals surface area contributed by atoms with Crippen molar-refractivity contribution in [3.8, 4) is 0 Å². The van der Waals surface area contributed by atoms with Crippen molar-refractivity contribution < 1.29 is 9.18 Å². The molecule has 0 atom stereocenters. The SMILES string of the molecule is C=Cc1cc(CC(=O)NC2(C)CC2)ccc1F. The summed E-state index contributed by atoms with van der Waals surface area (Å²) in [5.41, 5.74) is 1.24. The maximum Gasteiger partial charge on any atom is 0.224 e. The van der Waals surface area contributed by atoms with Gasteiger partial charge in [0.2, 0.25) is 5.91 Å². The summed E-state index contributed by atoms with van der Waals surface area (Å²) >= 11 is 0. The van der Waals surface area contributed by atoms with Crippen molar-refractivity contribution in [1.82, 2.24) is 5.32 Å². The lowest BCUT2D eigenvalue weighted by atomic mass is 10.1. The summed E-state index contributed by atoms with van der Waals surface area (Å²) < 4.78 is 13.2. The van der Waals surface area contributed by atoms with E-state index in [0.29, 0.717) is 5.56 Å². The van der Waals surface area contributed by atoms with Crippen LogP contribution >= 0.6 is 0 Å². The normalized spacial score (nSPS) is 16.4. The number of carbonyl (C=O) groups excluding carboxylic acids is 1. The van der Waals surface area contributed by atoms with Gasteiger partial charge < -0.3 is 5.32 Å². The van der Waals surface area contributed by atoms with Crippen LogP contribution in [0.5, 0.6) is 0 Å². The molecule has 0 aromatic heterocycles. The lowest BCUT2D eigenvalue weighted by molar-refractivity contribution is -0.121. The number of nitrogens with one attached hydrogen (secondary N) is 1. The van der Waals surface area contributed by atoms with Crippen LogP contribution in [0.3, 0.4) is 0 Å². The third-order valence-corrected chi connectivity index (χ3v) is 3.09. The average Bonchev–Trinajstić information content (AvgIpc) is 2.98. The predicted octanol–water partition coefficient (Wildman–Crippen LogP) is 2.68. The van der Waals surface area contributed by atoms with E-state index >= 15 is 0 Å². The second-order valence-corrected chi connectivity index (χ2v) is 4.85. The smallest absolute Gasteiger partial charge is 0.224 e. The Labute approximate surface area is 101 Å². The highest BCUT2D eigenvalue weighted by Crippen LogP contribution is 2.34. The Morgan fingerprint density at radius 3 is 2.88 bits per heavy atom. The molecule has 0 saturated heterocycles. The summed E-state index contributed by atoms with van der Waals surface area (Å²) in [4.78, 5) is 11.7. The Balaban J connectivity index is 2.02. The molecule has 0 aliphatic heterocycles. The Hall–Kier alpha value is -1.64. The van der Waals surface area contributed by atoms with Gasteiger partial charge in [0.15, 0.2) is 0 Å². The van der Waals surface area contributed by atoms with Crippen LogP contribution in [-0.4, -0.2) is 11.4 Å². The fourth-order valence-electron chi connectivity index (χ4n) is 1.74. The number of rotatable bonds is 4. The molecule has 2 nitrogen and oxygen atoms in total. The molecule has 0 heterocycles. The van der Waals surface area contributed by atoms with Crippen molar-refractivity contribution in [2.75, 3.05) is 0 Å². The molecule has 0 bridgehead atoms. The number of hydrogen-bond acceptors (Lipinski definition) is 1. The van der Waals surface area contributed by atoms with E-state index in [2.05, 4.69) is 11.9 Å². The Morgan fingerprint density at radius 2 is 2.29 bits per heavy atom. The minimum Gasteiger partial charge on any atom is -0.351 e. The quantitative estimate of drug-likeness (QED) is 0.851. The molecule has 1 aromatic rings. The van der Waals surface area contributed by atoms with Crippen molar-refractivity contribution in [3.05, 3.63) is 41.7 Å². The van der Waals surface area contributed by atoms with Gasteiger partial charge in [-0.25, -0.2) is 4.39 Å². The van der Waals surface area contributed by atoms with E-state index in [9.17, 15) is 9.18 Å². The molecule has 2 rings (SSSR count). The summed E-state index contributed by atoms with van der Waals surface area (Å²) in [6, 6.07) is 4.67. The predicted molar refractivity (Wildman–Crippen MR) is 66.0 cm³/mol. The molecule has 17 heavy (non-hydrogen) atoms. The minimum atomic E-state index is -0.307. The highest BCUT2D eigenvalue weighted by Gasteiger charge is 2.38. The lowest BCUT2D eigenvalue weighted by Crippen LogP contribution is -2.35. The van der Waals surface area contributed by atoms with Gasteiger partial charge in [0.1, 0.15) is 5.82 Å². The molecule has 1 aromatic carbocycles. The van der Waals surface area contributed by atoms with Gasteiger partial charge in [-0.2, -0.15) is 0 Å². The average molecular weight is 233 g/mol. The first-order valence-corrected chi connectivity index (χ1v) is 5.74. The zero-order valence-electron chi connectivity index (χ0n) is 9.92. The zero-order valence-corrected chi connectivity index (χ0v) is 9.92. The van der Waals surface area contributed by atoms with E-state index in [0.717, 1.165) is 18.4 Å². The molecule has 0 unspecified atom stereocenters. The van der Waals surface area contributed by atoms with Crippen LogP contribution in [0.2, 0.25) is 0 Å². The van der Waals surface area contributed by atoms with Crippen LogP contribution in [0.25, 0.3) is 6.08 Å². The summed E-state index contributed by atoms with van der Waals surface area (Å²) in [6.07, 6.45) is 3.83. The summed E-state index contributed by atoms with van der Waals surface area (Å²) in [5, 5.41) is 2.97. The van der Waals surface area contributed by atoms with Gasteiger partial charge in [-0.05, 0) is 37.5 Å². The summed E-state index contributed by atoms with van der Waals surface area (Å²) in [5.74, 6) is -0.315. The fraction of sp³-hybridized carbons (Fsp3) is 0.357. The van der Waals surface area contributed by atoms with Gasteiger partial charge in [-0.3, -0.25) is 4.79 Å². The Kier molecular flexibility index (Phi) is 3.01. The van der Waals surface area contributed by atoms with Crippen LogP contribution in [0.15, 0.2) is 24.8 Å². The first-order valence-electron chi connectivity index (χ1n) is 5.74. The van der Waals surface area contributed by atoms with Crippen LogP contribution in [0.1, 0.15) is 30.9 Å². The highest BCUT2D eigenvalue weighted by molar-refractivity contribution is 5.80. The molecule has 1 saturated carbocycles. The molecular formula is C14H16FNO. The van der Waals surface area contributed by atoms with Crippen molar-refractivity contribution >= 4 is 12.0 Å². The molecule has 1 fully saturated rings. The highest BCUT2D eigenvalue weighted by atomic mass is 19.1. The lowest BCUT2D eigenvalue weighted by Gasteiger charge is -2.11. The number of carbonyl (C=O) groups is 1. The van der Waals surface area contributed by atoms with Crippen LogP contribution in [-0.2, 0) is 11.2 Å². The Morgan fingerprint density at radius 1 is 1.59 bits per heavy atom. The van der Waals surface area contributed by atoms with E-state index in [1.807, 2.05) is 6.92 Å². The van der Waals surface area contributed by atoms with Crippen molar-refractivity contribution in [2.24, 2.45) is 0 Å². The Bertz CT molecular complexity index is 463. The van der Waals surface area contributed by atoms with E-state index < -0.39 is 0 Å². The molecule has 0 spiro atoms. The summed E-state index contributed by atoms with van der Waals surface area (Å²) in [7, 11) is 0. The largest absolute Gasteiger partial charge is 0.351 e.